The third-order valence-electron chi connectivity index (χ3n) is 4.53. The molecule has 0 radical (unpaired) electrons. The summed E-state index contributed by atoms with van der Waals surface area (Å²) in [7, 11) is 1.33. The summed E-state index contributed by atoms with van der Waals surface area (Å²) in [4.78, 5) is 28.2. The molecule has 1 atom stereocenters. The molecule has 0 N–H and O–H groups in total. The molecule has 2 aromatic rings. The van der Waals surface area contributed by atoms with Gasteiger partial charge in [-0.2, -0.15) is 0 Å². The van der Waals surface area contributed by atoms with Crippen LogP contribution in [0.2, 0.25) is 0 Å². The fraction of sp³-hybridized carbons (Fsp3) is 0.364. The molecule has 0 aromatic heterocycles. The van der Waals surface area contributed by atoms with Gasteiger partial charge < -0.3 is 14.4 Å². The number of methoxy groups -OCH3 is 1. The van der Waals surface area contributed by atoms with Gasteiger partial charge in [0.2, 0.25) is 0 Å². The highest BCUT2D eigenvalue weighted by Gasteiger charge is 2.41. The van der Waals surface area contributed by atoms with Crippen molar-refractivity contribution in [2.24, 2.45) is 0 Å². The van der Waals surface area contributed by atoms with E-state index in [9.17, 15) is 9.59 Å². The van der Waals surface area contributed by atoms with Crippen molar-refractivity contribution >= 4 is 17.7 Å². The molecule has 1 aliphatic rings. The van der Waals surface area contributed by atoms with Crippen molar-refractivity contribution in [2.75, 3.05) is 25.2 Å². The maximum absolute atomic E-state index is 12.6. The van der Waals surface area contributed by atoms with Crippen LogP contribution in [-0.2, 0) is 14.3 Å². The molecule has 1 aliphatic heterocycles. The Labute approximate surface area is 165 Å². The number of esters is 1. The maximum atomic E-state index is 12.6. The lowest BCUT2D eigenvalue weighted by atomic mass is 10.1. The van der Waals surface area contributed by atoms with Gasteiger partial charge in [0.25, 0.3) is 0 Å². The third-order valence-corrected chi connectivity index (χ3v) is 4.53. The van der Waals surface area contributed by atoms with Gasteiger partial charge in [0.1, 0.15) is 5.60 Å². The van der Waals surface area contributed by atoms with Crippen LogP contribution in [0.15, 0.2) is 54.6 Å². The molecule has 1 fully saturated rings. The van der Waals surface area contributed by atoms with Crippen LogP contribution in [0.3, 0.4) is 0 Å². The number of hydrogen-bond donors (Lipinski definition) is 0. The summed E-state index contributed by atoms with van der Waals surface area (Å²) < 4.78 is 10.4. The minimum Gasteiger partial charge on any atom is -0.467 e. The summed E-state index contributed by atoms with van der Waals surface area (Å²) in [6.07, 6.45) is -0.522. The van der Waals surface area contributed by atoms with Crippen molar-refractivity contribution in [3.05, 3.63) is 54.6 Å². The van der Waals surface area contributed by atoms with Crippen LogP contribution in [0, 0.1) is 0 Å². The van der Waals surface area contributed by atoms with E-state index >= 15 is 0 Å². The van der Waals surface area contributed by atoms with Crippen LogP contribution in [0.4, 0.5) is 10.5 Å². The van der Waals surface area contributed by atoms with Crippen LogP contribution in [0.5, 0.6) is 0 Å². The van der Waals surface area contributed by atoms with Crippen molar-refractivity contribution in [3.63, 3.8) is 0 Å². The first kappa shape index (κ1) is 19.7. The highest BCUT2D eigenvalue weighted by Crippen LogP contribution is 2.27. The molecule has 0 unspecified atom stereocenters. The highest BCUT2D eigenvalue weighted by molar-refractivity contribution is 5.84. The van der Waals surface area contributed by atoms with Gasteiger partial charge in [0.05, 0.1) is 20.3 Å². The second-order valence-corrected chi connectivity index (χ2v) is 7.77. The molecule has 1 saturated heterocycles. The summed E-state index contributed by atoms with van der Waals surface area (Å²) in [6.45, 7) is 6.02. The number of nitrogens with zero attached hydrogens (tertiary/aromatic N) is 2. The molecule has 28 heavy (non-hydrogen) atoms. The Bertz CT molecular complexity index is 828. The molecular weight excluding hydrogens is 356 g/mol. The second kappa shape index (κ2) is 7.92. The van der Waals surface area contributed by atoms with Gasteiger partial charge in [0, 0.05) is 5.69 Å². The fourth-order valence-corrected chi connectivity index (χ4v) is 3.17. The standard InChI is InChI=1S/C22H26N2O4/c1-22(2,3)28-21(26)24-15-23(14-19(24)20(25)27-4)18-12-10-17(11-13-18)16-8-6-5-7-9-16/h5-13,19H,14-15H2,1-4H3/t19-/m0/s1. The van der Waals surface area contributed by atoms with E-state index in [-0.39, 0.29) is 6.67 Å². The van der Waals surface area contributed by atoms with E-state index in [1.54, 1.807) is 20.8 Å². The lowest BCUT2D eigenvalue weighted by Crippen LogP contribution is -2.44. The summed E-state index contributed by atoms with van der Waals surface area (Å²) in [6, 6.07) is 17.5. The van der Waals surface area contributed by atoms with E-state index in [0.717, 1.165) is 16.8 Å². The molecule has 0 bridgehead atoms. The van der Waals surface area contributed by atoms with Gasteiger partial charge in [-0.15, -0.1) is 0 Å². The Morgan fingerprint density at radius 1 is 0.964 bits per heavy atom. The van der Waals surface area contributed by atoms with Crippen molar-refractivity contribution in [1.82, 2.24) is 4.90 Å². The first-order valence-corrected chi connectivity index (χ1v) is 9.26. The number of hydrogen-bond acceptors (Lipinski definition) is 5. The normalized spacial score (nSPS) is 16.8. The monoisotopic (exact) mass is 382 g/mol. The third kappa shape index (κ3) is 4.44. The molecule has 0 aliphatic carbocycles. The first-order valence-electron chi connectivity index (χ1n) is 9.26. The quantitative estimate of drug-likeness (QED) is 0.754. The van der Waals surface area contributed by atoms with Crippen LogP contribution < -0.4 is 4.90 Å². The highest BCUT2D eigenvalue weighted by atomic mass is 16.6. The molecule has 1 amide bonds. The van der Waals surface area contributed by atoms with Gasteiger partial charge in [-0.3, -0.25) is 4.90 Å². The number of benzene rings is 2. The zero-order valence-corrected chi connectivity index (χ0v) is 16.7. The molecule has 6 nitrogen and oxygen atoms in total. The van der Waals surface area contributed by atoms with E-state index in [1.807, 2.05) is 47.4 Å². The van der Waals surface area contributed by atoms with E-state index < -0.39 is 23.7 Å². The van der Waals surface area contributed by atoms with Crippen molar-refractivity contribution in [2.45, 2.75) is 32.4 Å². The van der Waals surface area contributed by atoms with Crippen LogP contribution in [-0.4, -0.2) is 48.9 Å². The largest absolute Gasteiger partial charge is 0.467 e. The summed E-state index contributed by atoms with van der Waals surface area (Å²) in [5, 5.41) is 0. The van der Waals surface area contributed by atoms with Gasteiger partial charge in [-0.1, -0.05) is 42.5 Å². The maximum Gasteiger partial charge on any atom is 0.412 e. The number of amides is 1. The van der Waals surface area contributed by atoms with Crippen molar-refractivity contribution in [3.8, 4) is 11.1 Å². The molecule has 148 valence electrons. The molecule has 1 heterocycles. The van der Waals surface area contributed by atoms with Crippen LogP contribution >= 0.6 is 0 Å². The minimum absolute atomic E-state index is 0.263. The predicted octanol–water partition coefficient (Wildman–Crippen LogP) is 3.91. The van der Waals surface area contributed by atoms with Gasteiger partial charge in [-0.05, 0) is 44.0 Å². The van der Waals surface area contributed by atoms with E-state index in [4.69, 9.17) is 9.47 Å². The van der Waals surface area contributed by atoms with E-state index in [0.29, 0.717) is 6.54 Å². The smallest absolute Gasteiger partial charge is 0.412 e. The predicted molar refractivity (Wildman–Crippen MR) is 108 cm³/mol. The van der Waals surface area contributed by atoms with Crippen LogP contribution in [0.25, 0.3) is 11.1 Å². The average Bonchev–Trinajstić information content (AvgIpc) is 3.12. The Morgan fingerprint density at radius 3 is 2.14 bits per heavy atom. The Balaban J connectivity index is 1.79. The first-order chi connectivity index (χ1) is 13.3. The van der Waals surface area contributed by atoms with Gasteiger partial charge in [-0.25, -0.2) is 9.59 Å². The second-order valence-electron chi connectivity index (χ2n) is 7.77. The van der Waals surface area contributed by atoms with E-state index in [2.05, 4.69) is 12.1 Å². The zero-order valence-electron chi connectivity index (χ0n) is 16.7. The fourth-order valence-electron chi connectivity index (χ4n) is 3.17. The zero-order chi connectivity index (χ0) is 20.3. The average molecular weight is 382 g/mol. The topological polar surface area (TPSA) is 59.1 Å². The Kier molecular flexibility index (Phi) is 5.58. The van der Waals surface area contributed by atoms with E-state index in [1.165, 1.54) is 12.0 Å². The van der Waals surface area contributed by atoms with Gasteiger partial charge in [0.15, 0.2) is 6.04 Å². The number of ether oxygens (including phenoxy) is 2. The molecule has 2 aromatic carbocycles. The molecular formula is C22H26N2O4. The lowest BCUT2D eigenvalue weighted by molar-refractivity contribution is -0.145. The summed E-state index contributed by atoms with van der Waals surface area (Å²) in [5.41, 5.74) is 2.54. The summed E-state index contributed by atoms with van der Waals surface area (Å²) >= 11 is 0. The lowest BCUT2D eigenvalue weighted by Gasteiger charge is -2.26. The van der Waals surface area contributed by atoms with Crippen molar-refractivity contribution < 1.29 is 19.1 Å². The Morgan fingerprint density at radius 2 is 1.57 bits per heavy atom. The number of carbonyl (C=O) groups excluding carboxylic acids is 2. The molecule has 6 heteroatoms. The molecule has 0 spiro atoms. The van der Waals surface area contributed by atoms with Crippen molar-refractivity contribution in [1.29, 1.82) is 0 Å². The number of rotatable bonds is 3. The number of anilines is 1. The minimum atomic E-state index is -0.700. The molecule has 0 saturated carbocycles. The van der Waals surface area contributed by atoms with Crippen LogP contribution in [0.1, 0.15) is 20.8 Å². The Hall–Kier alpha value is -3.02. The SMILES string of the molecule is COC(=O)[C@@H]1CN(c2ccc(-c3ccccc3)cc2)CN1C(=O)OC(C)(C)C. The number of carbonyl (C=O) groups is 2. The molecule has 3 rings (SSSR count). The van der Waals surface area contributed by atoms with Gasteiger partial charge >= 0.3 is 12.1 Å². The summed E-state index contributed by atoms with van der Waals surface area (Å²) in [5.74, 6) is -0.450.